The fourth-order valence-electron chi connectivity index (χ4n) is 5.67. The lowest BCUT2D eigenvalue weighted by atomic mass is 9.87. The molecular formula is C35H39NO8. The maximum atomic E-state index is 11.9. The molecule has 44 heavy (non-hydrogen) atoms. The molecule has 1 aliphatic heterocycles. The van der Waals surface area contributed by atoms with Gasteiger partial charge < -0.3 is 38.4 Å². The molecule has 4 aromatic carbocycles. The van der Waals surface area contributed by atoms with Crippen LogP contribution in [0.5, 0.6) is 28.7 Å². The van der Waals surface area contributed by atoms with Gasteiger partial charge in [-0.3, -0.25) is 0 Å². The van der Waals surface area contributed by atoms with Crippen LogP contribution in [-0.2, 0) is 11.3 Å². The fraction of sp³-hybridized carbons (Fsp3) is 0.343. The van der Waals surface area contributed by atoms with Crippen molar-refractivity contribution in [3.8, 4) is 28.7 Å². The van der Waals surface area contributed by atoms with Crippen molar-refractivity contribution in [2.45, 2.75) is 31.5 Å². The second-order valence-electron chi connectivity index (χ2n) is 10.6. The molecule has 5 rings (SSSR count). The Labute approximate surface area is 257 Å². The third-order valence-corrected chi connectivity index (χ3v) is 7.92. The SMILES string of the molecule is COc1cccc(OCCCOc2ccc(C3CCN(C(=O)O)CC3OCc3cc(OC)c4ccccc4c3OC)cc2)c1. The molecule has 0 aliphatic carbocycles. The number of hydrogen-bond donors (Lipinski definition) is 1. The van der Waals surface area contributed by atoms with E-state index in [9.17, 15) is 9.90 Å². The first-order valence-corrected chi connectivity index (χ1v) is 14.7. The second kappa shape index (κ2) is 14.7. The predicted molar refractivity (Wildman–Crippen MR) is 168 cm³/mol. The molecule has 2 atom stereocenters. The monoisotopic (exact) mass is 601 g/mol. The highest BCUT2D eigenvalue weighted by molar-refractivity contribution is 5.94. The van der Waals surface area contributed by atoms with Crippen molar-refractivity contribution in [3.63, 3.8) is 0 Å². The molecule has 4 aromatic rings. The van der Waals surface area contributed by atoms with Gasteiger partial charge in [-0.1, -0.05) is 42.5 Å². The first-order valence-electron chi connectivity index (χ1n) is 14.7. The van der Waals surface area contributed by atoms with Gasteiger partial charge in [-0.2, -0.15) is 0 Å². The molecule has 9 heteroatoms. The van der Waals surface area contributed by atoms with Gasteiger partial charge in [0.15, 0.2) is 0 Å². The predicted octanol–water partition coefficient (Wildman–Crippen LogP) is 6.77. The Bertz CT molecular complexity index is 1540. The molecular weight excluding hydrogens is 562 g/mol. The van der Waals surface area contributed by atoms with Crippen molar-refractivity contribution in [1.82, 2.24) is 4.90 Å². The topological polar surface area (TPSA) is 95.9 Å². The molecule has 1 saturated heterocycles. The van der Waals surface area contributed by atoms with Crippen LogP contribution in [0.4, 0.5) is 4.79 Å². The minimum atomic E-state index is -0.943. The Morgan fingerprint density at radius 3 is 2.25 bits per heavy atom. The molecule has 2 unspecified atom stereocenters. The Morgan fingerprint density at radius 2 is 1.55 bits per heavy atom. The zero-order valence-corrected chi connectivity index (χ0v) is 25.4. The number of rotatable bonds is 13. The van der Waals surface area contributed by atoms with Crippen LogP contribution in [0.2, 0.25) is 0 Å². The second-order valence-corrected chi connectivity index (χ2v) is 10.6. The number of likely N-dealkylation sites (tertiary alicyclic amines) is 1. The van der Waals surface area contributed by atoms with Gasteiger partial charge in [0.2, 0.25) is 0 Å². The van der Waals surface area contributed by atoms with Gasteiger partial charge in [-0.15, -0.1) is 0 Å². The summed E-state index contributed by atoms with van der Waals surface area (Å²) in [5.74, 6) is 3.76. The van der Waals surface area contributed by atoms with Crippen molar-refractivity contribution < 1.29 is 38.3 Å². The number of ether oxygens (including phenoxy) is 6. The van der Waals surface area contributed by atoms with E-state index in [-0.39, 0.29) is 25.2 Å². The summed E-state index contributed by atoms with van der Waals surface area (Å²) in [6.45, 7) is 2.01. The van der Waals surface area contributed by atoms with Gasteiger partial charge in [-0.05, 0) is 42.3 Å². The lowest BCUT2D eigenvalue weighted by Crippen LogP contribution is -2.46. The van der Waals surface area contributed by atoms with Crippen molar-refractivity contribution in [1.29, 1.82) is 0 Å². The average Bonchev–Trinajstić information content (AvgIpc) is 3.06. The molecule has 1 fully saturated rings. The lowest BCUT2D eigenvalue weighted by Gasteiger charge is -2.37. The van der Waals surface area contributed by atoms with Gasteiger partial charge in [0.1, 0.15) is 28.7 Å². The first-order chi connectivity index (χ1) is 21.5. The fourth-order valence-corrected chi connectivity index (χ4v) is 5.67. The van der Waals surface area contributed by atoms with E-state index < -0.39 is 6.09 Å². The van der Waals surface area contributed by atoms with Gasteiger partial charge >= 0.3 is 6.09 Å². The lowest BCUT2D eigenvalue weighted by molar-refractivity contribution is -0.0204. The highest BCUT2D eigenvalue weighted by atomic mass is 16.5. The summed E-state index contributed by atoms with van der Waals surface area (Å²) in [5.41, 5.74) is 1.92. The summed E-state index contributed by atoms with van der Waals surface area (Å²) in [7, 11) is 4.92. The number of nitrogens with zero attached hydrogens (tertiary/aromatic N) is 1. The summed E-state index contributed by atoms with van der Waals surface area (Å²) in [5, 5.41) is 11.6. The Balaban J connectivity index is 1.22. The summed E-state index contributed by atoms with van der Waals surface area (Å²) >= 11 is 0. The molecule has 0 spiro atoms. The largest absolute Gasteiger partial charge is 0.497 e. The number of carbonyl (C=O) groups is 1. The number of benzene rings is 4. The third-order valence-electron chi connectivity index (χ3n) is 7.92. The molecule has 9 nitrogen and oxygen atoms in total. The van der Waals surface area contributed by atoms with Crippen LogP contribution in [0.25, 0.3) is 10.8 Å². The average molecular weight is 602 g/mol. The normalized spacial score (nSPS) is 16.4. The molecule has 0 saturated carbocycles. The van der Waals surface area contributed by atoms with Crippen LogP contribution in [0.3, 0.4) is 0 Å². The Morgan fingerprint density at radius 1 is 0.818 bits per heavy atom. The molecule has 232 valence electrons. The number of methoxy groups -OCH3 is 3. The van der Waals surface area contributed by atoms with Gasteiger partial charge in [0.25, 0.3) is 0 Å². The first kappa shape index (κ1) is 30.8. The van der Waals surface area contributed by atoms with E-state index in [1.807, 2.05) is 78.9 Å². The highest BCUT2D eigenvalue weighted by Gasteiger charge is 2.33. The van der Waals surface area contributed by atoms with Crippen LogP contribution in [0.15, 0.2) is 78.9 Å². The molecule has 0 bridgehead atoms. The summed E-state index contributed by atoms with van der Waals surface area (Å²) < 4.78 is 34.9. The number of piperidine rings is 1. The van der Waals surface area contributed by atoms with Gasteiger partial charge in [0.05, 0.1) is 53.8 Å². The van der Waals surface area contributed by atoms with Crippen molar-refractivity contribution >= 4 is 16.9 Å². The summed E-state index contributed by atoms with van der Waals surface area (Å²) in [4.78, 5) is 13.3. The zero-order valence-electron chi connectivity index (χ0n) is 25.4. The minimum Gasteiger partial charge on any atom is -0.497 e. The van der Waals surface area contributed by atoms with Crippen molar-refractivity contribution in [2.24, 2.45) is 0 Å². The summed E-state index contributed by atoms with van der Waals surface area (Å²) in [6.07, 6.45) is 0.0892. The number of carboxylic acid groups (broad SMARTS) is 1. The molecule has 1 heterocycles. The van der Waals surface area contributed by atoms with E-state index in [0.717, 1.165) is 57.1 Å². The van der Waals surface area contributed by atoms with E-state index in [0.29, 0.717) is 26.2 Å². The standard InChI is InChI=1S/C35H39NO8/c1-39-27-8-6-9-28(21-27)43-19-7-18-42-26-14-12-24(13-15-26)29-16-17-36(35(37)38)22-33(29)44-23-25-20-32(40-2)30-10-4-5-11-31(30)34(25)41-3/h4-6,8-15,20-21,29,33H,7,16-19,22-23H2,1-3H3,(H,37,38). The van der Waals surface area contributed by atoms with Crippen LogP contribution in [0.1, 0.15) is 29.9 Å². The minimum absolute atomic E-state index is 0.0178. The van der Waals surface area contributed by atoms with E-state index in [2.05, 4.69) is 0 Å². The molecule has 0 aromatic heterocycles. The Hall–Kier alpha value is -4.63. The van der Waals surface area contributed by atoms with Crippen molar-refractivity contribution in [2.75, 3.05) is 47.6 Å². The third kappa shape index (κ3) is 7.29. The highest BCUT2D eigenvalue weighted by Crippen LogP contribution is 2.38. The van der Waals surface area contributed by atoms with Gasteiger partial charge in [0, 0.05) is 41.3 Å². The van der Waals surface area contributed by atoms with E-state index in [4.69, 9.17) is 28.4 Å². The maximum Gasteiger partial charge on any atom is 0.407 e. The van der Waals surface area contributed by atoms with Crippen LogP contribution < -0.4 is 23.7 Å². The summed E-state index contributed by atoms with van der Waals surface area (Å²) in [6, 6.07) is 25.4. The van der Waals surface area contributed by atoms with Crippen LogP contribution in [-0.4, -0.2) is 69.8 Å². The molecule has 1 amide bonds. The van der Waals surface area contributed by atoms with Crippen molar-refractivity contribution in [3.05, 3.63) is 90.0 Å². The quantitative estimate of drug-likeness (QED) is 0.168. The smallest absolute Gasteiger partial charge is 0.407 e. The maximum absolute atomic E-state index is 11.9. The van der Waals surface area contributed by atoms with E-state index in [1.165, 1.54) is 4.90 Å². The molecule has 1 N–H and O–H groups in total. The van der Waals surface area contributed by atoms with Gasteiger partial charge in [-0.25, -0.2) is 4.79 Å². The number of fused-ring (bicyclic) bond motifs is 1. The molecule has 1 aliphatic rings. The number of hydrogen-bond acceptors (Lipinski definition) is 7. The van der Waals surface area contributed by atoms with Crippen LogP contribution >= 0.6 is 0 Å². The van der Waals surface area contributed by atoms with Crippen LogP contribution in [0, 0.1) is 0 Å². The van der Waals surface area contributed by atoms with E-state index >= 15 is 0 Å². The zero-order chi connectivity index (χ0) is 30.9. The van der Waals surface area contributed by atoms with E-state index in [1.54, 1.807) is 21.3 Å². The Kier molecular flexibility index (Phi) is 10.3. The number of amides is 1. The molecule has 0 radical (unpaired) electrons.